The molecule has 5 heteroatoms. The Balaban J connectivity index is 1.26. The summed E-state index contributed by atoms with van der Waals surface area (Å²) in [5.41, 5.74) is 2.74. The predicted octanol–water partition coefficient (Wildman–Crippen LogP) is 4.04. The van der Waals surface area contributed by atoms with Crippen molar-refractivity contribution in [3.63, 3.8) is 0 Å². The van der Waals surface area contributed by atoms with Crippen molar-refractivity contribution >= 4 is 17.4 Å². The third-order valence-corrected chi connectivity index (χ3v) is 5.78. The molecule has 1 fully saturated rings. The summed E-state index contributed by atoms with van der Waals surface area (Å²) in [6.07, 6.45) is 3.95. The lowest BCUT2D eigenvalue weighted by molar-refractivity contribution is -0.131. The minimum absolute atomic E-state index is 0.128. The van der Waals surface area contributed by atoms with Crippen molar-refractivity contribution in [2.75, 3.05) is 25.1 Å². The van der Waals surface area contributed by atoms with Gasteiger partial charge >= 0.3 is 5.97 Å². The number of methoxy groups -OCH3 is 1. The van der Waals surface area contributed by atoms with Gasteiger partial charge in [-0.2, -0.15) is 0 Å². The van der Waals surface area contributed by atoms with Crippen LogP contribution in [-0.2, 0) is 11.2 Å². The topological polar surface area (TPSA) is 55.8 Å². The standard InChI is InChI=1S/C23H25NO4/c1-27-20-7-5-19(6-8-20)24-12-10-16(11-13-24)2-9-21(25)17-3-4-18-15-23(26)28-22(18)14-17/h3-8,14,16H,2,9-13,15H2,1H3. The van der Waals surface area contributed by atoms with Gasteiger partial charge in [0, 0.05) is 36.3 Å². The van der Waals surface area contributed by atoms with Gasteiger partial charge in [0.05, 0.1) is 13.5 Å². The Morgan fingerprint density at radius 2 is 1.89 bits per heavy atom. The summed E-state index contributed by atoms with van der Waals surface area (Å²) in [6, 6.07) is 13.6. The molecule has 2 aromatic rings. The number of esters is 1. The van der Waals surface area contributed by atoms with E-state index < -0.39 is 0 Å². The van der Waals surface area contributed by atoms with Gasteiger partial charge in [-0.1, -0.05) is 12.1 Å². The number of carbonyl (C=O) groups is 2. The molecule has 0 spiro atoms. The van der Waals surface area contributed by atoms with Gasteiger partial charge in [-0.25, -0.2) is 0 Å². The molecule has 5 nitrogen and oxygen atoms in total. The Hall–Kier alpha value is -2.82. The Kier molecular flexibility index (Phi) is 5.33. The predicted molar refractivity (Wildman–Crippen MR) is 107 cm³/mol. The van der Waals surface area contributed by atoms with Crippen molar-refractivity contribution in [1.29, 1.82) is 0 Å². The lowest BCUT2D eigenvalue weighted by atomic mass is 9.90. The van der Waals surface area contributed by atoms with Crippen LogP contribution in [0.25, 0.3) is 0 Å². The van der Waals surface area contributed by atoms with Crippen molar-refractivity contribution in [1.82, 2.24) is 0 Å². The number of benzene rings is 2. The lowest BCUT2D eigenvalue weighted by Gasteiger charge is -2.33. The fraction of sp³-hybridized carbons (Fsp3) is 0.391. The van der Waals surface area contributed by atoms with Crippen LogP contribution in [0, 0.1) is 5.92 Å². The summed E-state index contributed by atoms with van der Waals surface area (Å²) in [7, 11) is 1.68. The molecule has 146 valence electrons. The maximum absolute atomic E-state index is 12.6. The number of rotatable bonds is 6. The van der Waals surface area contributed by atoms with E-state index in [1.807, 2.05) is 24.3 Å². The lowest BCUT2D eigenvalue weighted by Crippen LogP contribution is -2.33. The monoisotopic (exact) mass is 379 g/mol. The summed E-state index contributed by atoms with van der Waals surface area (Å²) in [4.78, 5) is 26.3. The average Bonchev–Trinajstić information content (AvgIpc) is 3.11. The average molecular weight is 379 g/mol. The van der Waals surface area contributed by atoms with Crippen molar-refractivity contribution in [3.05, 3.63) is 53.6 Å². The molecule has 28 heavy (non-hydrogen) atoms. The number of hydrogen-bond donors (Lipinski definition) is 0. The largest absolute Gasteiger partial charge is 0.497 e. The molecule has 0 atom stereocenters. The van der Waals surface area contributed by atoms with E-state index in [2.05, 4.69) is 17.0 Å². The molecule has 0 unspecified atom stereocenters. The number of ether oxygens (including phenoxy) is 2. The molecular weight excluding hydrogens is 354 g/mol. The van der Waals surface area contributed by atoms with Gasteiger partial charge in [0.2, 0.25) is 0 Å². The summed E-state index contributed by atoms with van der Waals surface area (Å²) >= 11 is 0. The van der Waals surface area contributed by atoms with Gasteiger partial charge in [-0.3, -0.25) is 9.59 Å². The fourth-order valence-corrected chi connectivity index (χ4v) is 4.04. The van der Waals surface area contributed by atoms with Gasteiger partial charge in [0.25, 0.3) is 0 Å². The third kappa shape index (κ3) is 4.03. The minimum atomic E-state index is -0.247. The molecule has 4 rings (SSSR count). The molecule has 2 aliphatic rings. The number of carbonyl (C=O) groups excluding carboxylic acids is 2. The molecule has 0 aromatic heterocycles. The highest BCUT2D eigenvalue weighted by Crippen LogP contribution is 2.30. The van der Waals surface area contributed by atoms with E-state index in [1.54, 1.807) is 13.2 Å². The van der Waals surface area contributed by atoms with Crippen LogP contribution in [0.15, 0.2) is 42.5 Å². The van der Waals surface area contributed by atoms with Gasteiger partial charge in [0.1, 0.15) is 11.5 Å². The van der Waals surface area contributed by atoms with E-state index in [-0.39, 0.29) is 11.8 Å². The SMILES string of the molecule is COc1ccc(N2CCC(CCC(=O)c3ccc4c(c3)OC(=O)C4)CC2)cc1. The molecule has 2 heterocycles. The van der Waals surface area contributed by atoms with Crippen molar-refractivity contribution in [2.24, 2.45) is 5.92 Å². The normalized spacial score (nSPS) is 16.6. The molecule has 1 saturated heterocycles. The van der Waals surface area contributed by atoms with E-state index in [4.69, 9.17) is 9.47 Å². The summed E-state index contributed by atoms with van der Waals surface area (Å²) in [5, 5.41) is 0. The number of ketones is 1. The quantitative estimate of drug-likeness (QED) is 0.431. The van der Waals surface area contributed by atoms with E-state index >= 15 is 0 Å². The second kappa shape index (κ2) is 8.05. The van der Waals surface area contributed by atoms with Crippen molar-refractivity contribution in [2.45, 2.75) is 32.1 Å². The molecule has 2 aromatic carbocycles. The third-order valence-electron chi connectivity index (χ3n) is 5.78. The Bertz CT molecular complexity index is 867. The zero-order valence-electron chi connectivity index (χ0n) is 16.1. The summed E-state index contributed by atoms with van der Waals surface area (Å²) in [5.74, 6) is 1.87. The summed E-state index contributed by atoms with van der Waals surface area (Å²) in [6.45, 7) is 2.03. The molecule has 0 N–H and O–H groups in total. The van der Waals surface area contributed by atoms with Gasteiger partial charge in [0.15, 0.2) is 5.78 Å². The van der Waals surface area contributed by atoms with E-state index in [9.17, 15) is 9.59 Å². The van der Waals surface area contributed by atoms with E-state index in [0.717, 1.165) is 43.7 Å². The molecule has 2 aliphatic heterocycles. The molecule has 0 amide bonds. The Morgan fingerprint density at radius 1 is 1.14 bits per heavy atom. The fourth-order valence-electron chi connectivity index (χ4n) is 4.04. The van der Waals surface area contributed by atoms with Crippen LogP contribution in [0.4, 0.5) is 5.69 Å². The van der Waals surface area contributed by atoms with E-state index in [0.29, 0.717) is 30.1 Å². The highest BCUT2D eigenvalue weighted by molar-refractivity contribution is 5.97. The molecule has 0 saturated carbocycles. The smallest absolute Gasteiger partial charge is 0.315 e. The van der Waals surface area contributed by atoms with Crippen molar-refractivity contribution < 1.29 is 19.1 Å². The first-order chi connectivity index (χ1) is 13.6. The first-order valence-corrected chi connectivity index (χ1v) is 9.88. The van der Waals surface area contributed by atoms with Gasteiger partial charge in [-0.15, -0.1) is 0 Å². The number of anilines is 1. The molecule has 0 radical (unpaired) electrons. The molecular formula is C23H25NO4. The van der Waals surface area contributed by atoms with Crippen LogP contribution in [0.3, 0.4) is 0 Å². The second-order valence-corrected chi connectivity index (χ2v) is 7.56. The van der Waals surface area contributed by atoms with Gasteiger partial charge < -0.3 is 14.4 Å². The Morgan fingerprint density at radius 3 is 2.61 bits per heavy atom. The van der Waals surface area contributed by atoms with Crippen LogP contribution in [0.1, 0.15) is 41.6 Å². The maximum atomic E-state index is 12.6. The van der Waals surface area contributed by atoms with E-state index in [1.165, 1.54) is 5.69 Å². The number of Topliss-reactive ketones (excluding diaryl/α,β-unsaturated/α-hetero) is 1. The van der Waals surface area contributed by atoms with Crippen LogP contribution in [0.5, 0.6) is 11.5 Å². The number of fused-ring (bicyclic) bond motifs is 1. The number of piperidine rings is 1. The van der Waals surface area contributed by atoms with Crippen LogP contribution in [0.2, 0.25) is 0 Å². The minimum Gasteiger partial charge on any atom is -0.497 e. The first-order valence-electron chi connectivity index (χ1n) is 9.88. The number of hydrogen-bond acceptors (Lipinski definition) is 5. The van der Waals surface area contributed by atoms with Crippen LogP contribution >= 0.6 is 0 Å². The highest BCUT2D eigenvalue weighted by Gasteiger charge is 2.23. The second-order valence-electron chi connectivity index (χ2n) is 7.56. The zero-order chi connectivity index (χ0) is 19.5. The van der Waals surface area contributed by atoms with Crippen LogP contribution < -0.4 is 14.4 Å². The molecule has 0 bridgehead atoms. The highest BCUT2D eigenvalue weighted by atomic mass is 16.5. The number of nitrogens with zero attached hydrogens (tertiary/aromatic N) is 1. The molecule has 0 aliphatic carbocycles. The van der Waals surface area contributed by atoms with Crippen molar-refractivity contribution in [3.8, 4) is 11.5 Å². The first kappa shape index (κ1) is 18.5. The summed E-state index contributed by atoms with van der Waals surface area (Å²) < 4.78 is 10.4. The zero-order valence-corrected chi connectivity index (χ0v) is 16.1. The van der Waals surface area contributed by atoms with Crippen LogP contribution in [-0.4, -0.2) is 32.0 Å². The Labute approximate surface area is 165 Å². The maximum Gasteiger partial charge on any atom is 0.315 e. The van der Waals surface area contributed by atoms with Gasteiger partial charge in [-0.05, 0) is 55.5 Å².